The molecule has 2 amide bonds. The van der Waals surface area contributed by atoms with Crippen LogP contribution in [-0.2, 0) is 35.7 Å². The van der Waals surface area contributed by atoms with Gasteiger partial charge in [-0.1, -0.05) is 6.07 Å². The third-order valence-corrected chi connectivity index (χ3v) is 7.61. The molecule has 0 spiro atoms. The zero-order chi connectivity index (χ0) is 19.2. The molecule has 0 aromatic heterocycles. The molecule has 1 fully saturated rings. The van der Waals surface area contributed by atoms with Crippen molar-refractivity contribution in [2.45, 2.75) is 70.9 Å². The van der Waals surface area contributed by atoms with Crippen LogP contribution < -0.4 is 10.0 Å². The van der Waals surface area contributed by atoms with E-state index in [1.807, 2.05) is 0 Å². The normalized spacial score (nSPS) is 23.4. The van der Waals surface area contributed by atoms with Gasteiger partial charge in [-0.15, -0.1) is 0 Å². The minimum atomic E-state index is -3.65. The molecule has 2 N–H and O–H groups in total. The smallest absolute Gasteiger partial charge is 0.307 e. The average molecular weight is 431 g/mol. The summed E-state index contributed by atoms with van der Waals surface area (Å²) >= 11 is 0. The van der Waals surface area contributed by atoms with Gasteiger partial charge in [0.05, 0.1) is 5.75 Å². The number of anilines is 1. The van der Waals surface area contributed by atoms with Gasteiger partial charge in [-0.25, -0.2) is 17.9 Å². The van der Waals surface area contributed by atoms with E-state index in [-0.39, 0.29) is 57.1 Å². The van der Waals surface area contributed by atoms with Gasteiger partial charge in [0.2, 0.25) is 10.0 Å². The SMILES string of the molecule is CC1CC(C)N1CCS(=O)(=O)NC(=O)Nc1c2c(cc3c1CCC3)CCC2.[K]. The second-order valence-corrected chi connectivity index (χ2v) is 10.1. The molecule has 8 heteroatoms. The predicted octanol–water partition coefficient (Wildman–Crippen LogP) is 2.22. The van der Waals surface area contributed by atoms with Crippen LogP contribution >= 0.6 is 0 Å². The summed E-state index contributed by atoms with van der Waals surface area (Å²) in [6.45, 7) is 4.66. The van der Waals surface area contributed by atoms with E-state index in [1.54, 1.807) is 0 Å². The molecule has 4 rings (SSSR count). The number of likely N-dealkylation sites (tertiary alicyclic amines) is 1. The van der Waals surface area contributed by atoms with E-state index in [4.69, 9.17) is 0 Å². The van der Waals surface area contributed by atoms with Crippen LogP contribution in [0.3, 0.4) is 0 Å². The second kappa shape index (κ2) is 9.04. The summed E-state index contributed by atoms with van der Waals surface area (Å²) in [5.74, 6) is -0.0555. The zero-order valence-electron chi connectivity index (χ0n) is 17.2. The largest absolute Gasteiger partial charge is 0.332 e. The van der Waals surface area contributed by atoms with Gasteiger partial charge in [-0.2, -0.15) is 0 Å². The number of nitrogens with one attached hydrogen (secondary N) is 2. The average Bonchev–Trinajstić information content (AvgIpc) is 3.22. The second-order valence-electron chi connectivity index (χ2n) is 8.28. The van der Waals surface area contributed by atoms with Crippen LogP contribution in [-0.4, -0.2) is 95.1 Å². The van der Waals surface area contributed by atoms with Crippen LogP contribution in [0.5, 0.6) is 0 Å². The van der Waals surface area contributed by atoms with Crippen LogP contribution in [0.2, 0.25) is 0 Å². The summed E-state index contributed by atoms with van der Waals surface area (Å²) in [4.78, 5) is 14.6. The van der Waals surface area contributed by atoms with Crippen LogP contribution in [0.4, 0.5) is 10.5 Å². The number of urea groups is 1. The molecule has 2 aliphatic carbocycles. The fraction of sp³-hybridized carbons (Fsp3) is 0.650. The van der Waals surface area contributed by atoms with Crippen LogP contribution in [0.1, 0.15) is 55.4 Å². The topological polar surface area (TPSA) is 78.5 Å². The Bertz CT molecular complexity index is 832. The van der Waals surface area contributed by atoms with E-state index < -0.39 is 16.1 Å². The molecular formula is C20H29KN3O3S. The monoisotopic (exact) mass is 430 g/mol. The van der Waals surface area contributed by atoms with E-state index in [9.17, 15) is 13.2 Å². The van der Waals surface area contributed by atoms with Crippen LogP contribution in [0, 0.1) is 0 Å². The van der Waals surface area contributed by atoms with Crippen LogP contribution in [0.15, 0.2) is 6.07 Å². The maximum absolute atomic E-state index is 12.5. The van der Waals surface area contributed by atoms with Crippen molar-refractivity contribution in [3.8, 4) is 0 Å². The number of amides is 2. The number of rotatable bonds is 5. The summed E-state index contributed by atoms with van der Waals surface area (Å²) in [6, 6.07) is 2.49. The molecule has 1 saturated heterocycles. The summed E-state index contributed by atoms with van der Waals surface area (Å²) in [7, 11) is -3.65. The summed E-state index contributed by atoms with van der Waals surface area (Å²) in [5, 5.41) is 2.89. The van der Waals surface area contributed by atoms with Crippen molar-refractivity contribution in [2.75, 3.05) is 17.6 Å². The minimum Gasteiger partial charge on any atom is -0.307 e. The van der Waals surface area contributed by atoms with E-state index in [0.717, 1.165) is 50.6 Å². The molecule has 0 saturated carbocycles. The van der Waals surface area contributed by atoms with E-state index in [1.165, 1.54) is 22.3 Å². The Labute approximate surface area is 210 Å². The molecular weight excluding hydrogens is 401 g/mol. The van der Waals surface area contributed by atoms with E-state index in [0.29, 0.717) is 18.6 Å². The fourth-order valence-corrected chi connectivity index (χ4v) is 5.91. The van der Waals surface area contributed by atoms with E-state index in [2.05, 4.69) is 34.9 Å². The minimum absolute atomic E-state index is 0. The van der Waals surface area contributed by atoms with Gasteiger partial charge >= 0.3 is 6.03 Å². The van der Waals surface area contributed by atoms with Crippen molar-refractivity contribution in [3.63, 3.8) is 0 Å². The van der Waals surface area contributed by atoms with Gasteiger partial charge in [-0.3, -0.25) is 4.90 Å². The summed E-state index contributed by atoms with van der Waals surface area (Å²) < 4.78 is 26.9. The van der Waals surface area contributed by atoms with Gasteiger partial charge in [0.15, 0.2) is 0 Å². The van der Waals surface area contributed by atoms with Gasteiger partial charge in [-0.05, 0) is 81.0 Å². The van der Waals surface area contributed by atoms with Crippen molar-refractivity contribution in [3.05, 3.63) is 28.3 Å². The molecule has 0 bridgehead atoms. The van der Waals surface area contributed by atoms with E-state index >= 15 is 0 Å². The first-order chi connectivity index (χ1) is 12.8. The van der Waals surface area contributed by atoms with Crippen molar-refractivity contribution in [2.24, 2.45) is 0 Å². The van der Waals surface area contributed by atoms with Crippen molar-refractivity contribution in [1.82, 2.24) is 9.62 Å². The number of carbonyl (C=O) groups excluding carboxylic acids is 1. The molecule has 149 valence electrons. The first kappa shape index (κ1) is 22.7. The fourth-order valence-electron chi connectivity index (χ4n) is 5.03. The Morgan fingerprint density at radius 3 is 2.18 bits per heavy atom. The van der Waals surface area contributed by atoms with Gasteiger partial charge in [0, 0.05) is 75.7 Å². The first-order valence-corrected chi connectivity index (χ1v) is 11.7. The standard InChI is InChI=1S/C20H29N3O3S.K/c1-13-11-14(2)23(13)9-10-27(25,26)22-20(24)21-19-17-7-3-5-15(17)12-16-6-4-8-18(16)19;/h12-14H,3-11H2,1-2H3,(H2,21,22,24);. The Balaban J connectivity index is 0.00000225. The van der Waals surface area contributed by atoms with Crippen molar-refractivity contribution < 1.29 is 13.2 Å². The molecule has 1 heterocycles. The number of hydrogen-bond donors (Lipinski definition) is 2. The number of hydrogen-bond acceptors (Lipinski definition) is 4. The summed E-state index contributed by atoms with van der Waals surface area (Å²) in [6.07, 6.45) is 7.29. The van der Waals surface area contributed by atoms with Crippen LogP contribution in [0.25, 0.3) is 0 Å². The third-order valence-electron chi connectivity index (χ3n) is 6.39. The molecule has 2 atom stereocenters. The first-order valence-electron chi connectivity index (χ1n) is 10.1. The summed E-state index contributed by atoms with van der Waals surface area (Å²) in [5.41, 5.74) is 5.90. The quantitative estimate of drug-likeness (QED) is 0.702. The number of nitrogens with zero attached hydrogens (tertiary/aromatic N) is 1. The van der Waals surface area contributed by atoms with Crippen molar-refractivity contribution in [1.29, 1.82) is 0 Å². The molecule has 1 aromatic rings. The third kappa shape index (κ3) is 4.68. The molecule has 1 aromatic carbocycles. The molecule has 6 nitrogen and oxygen atoms in total. The zero-order valence-corrected chi connectivity index (χ0v) is 21.1. The van der Waals surface area contributed by atoms with Gasteiger partial charge < -0.3 is 5.32 Å². The molecule has 1 aliphatic heterocycles. The number of aryl methyl sites for hydroxylation is 2. The molecule has 3 aliphatic rings. The predicted molar refractivity (Wildman–Crippen MR) is 112 cm³/mol. The van der Waals surface area contributed by atoms with Crippen molar-refractivity contribution >= 4 is 73.1 Å². The number of sulfonamides is 1. The number of fused-ring (bicyclic) bond motifs is 2. The molecule has 2 unspecified atom stereocenters. The number of carbonyl (C=O) groups is 1. The maximum atomic E-state index is 12.5. The molecule has 1 radical (unpaired) electrons. The Morgan fingerprint density at radius 1 is 1.07 bits per heavy atom. The number of benzene rings is 1. The Kier molecular flexibility index (Phi) is 7.33. The Morgan fingerprint density at radius 2 is 1.64 bits per heavy atom. The van der Waals surface area contributed by atoms with Gasteiger partial charge in [0.1, 0.15) is 0 Å². The van der Waals surface area contributed by atoms with Gasteiger partial charge in [0.25, 0.3) is 0 Å². The molecule has 28 heavy (non-hydrogen) atoms. The Hall–Kier alpha value is 0.0364. The maximum Gasteiger partial charge on any atom is 0.332 e.